The average Bonchev–Trinajstić information content (AvgIpc) is 3.23. The number of rotatable bonds is 6. The molecule has 3 aromatic rings. The van der Waals surface area contributed by atoms with Crippen molar-refractivity contribution >= 4 is 29.0 Å². The largest absolute Gasteiger partial charge is 0.410 e. The third kappa shape index (κ3) is 4.43. The number of thiophene rings is 1. The lowest BCUT2D eigenvalue weighted by molar-refractivity contribution is -0.118. The highest BCUT2D eigenvalue weighted by Crippen LogP contribution is 2.26. The second-order valence-electron chi connectivity index (χ2n) is 4.90. The van der Waals surface area contributed by atoms with E-state index in [2.05, 4.69) is 15.5 Å². The highest BCUT2D eigenvalue weighted by molar-refractivity contribution is 7.99. The molecule has 2 heterocycles. The number of nitrogens with one attached hydrogen (secondary N) is 1. The first-order chi connectivity index (χ1) is 11.2. The Hall–Kier alpha value is -2.12. The summed E-state index contributed by atoms with van der Waals surface area (Å²) in [5, 5.41) is 13.2. The summed E-state index contributed by atoms with van der Waals surface area (Å²) < 4.78 is 5.53. The zero-order valence-electron chi connectivity index (χ0n) is 12.5. The Balaban J connectivity index is 1.46. The van der Waals surface area contributed by atoms with Crippen molar-refractivity contribution in [2.24, 2.45) is 0 Å². The summed E-state index contributed by atoms with van der Waals surface area (Å²) in [6.07, 6.45) is 0. The van der Waals surface area contributed by atoms with Gasteiger partial charge in [0.05, 0.1) is 10.6 Å². The molecular formula is C16H15N3O2S2. The van der Waals surface area contributed by atoms with Crippen LogP contribution in [0, 0.1) is 6.92 Å². The number of aryl methyl sites for hydroxylation is 1. The van der Waals surface area contributed by atoms with Gasteiger partial charge in [0.2, 0.25) is 5.91 Å². The molecule has 0 atom stereocenters. The fourth-order valence-corrected chi connectivity index (χ4v) is 3.09. The molecule has 7 heteroatoms. The van der Waals surface area contributed by atoms with Gasteiger partial charge < -0.3 is 9.73 Å². The maximum atomic E-state index is 11.9. The fraction of sp³-hybridized carbons (Fsp3) is 0.188. The quantitative estimate of drug-likeness (QED) is 0.692. The summed E-state index contributed by atoms with van der Waals surface area (Å²) in [6.45, 7) is 2.55. The molecule has 0 spiro atoms. The molecule has 0 aliphatic rings. The SMILES string of the molecule is Cc1ccc(CNC(=O)CSc2nnc(-c3cccs3)o2)cc1. The molecule has 0 saturated heterocycles. The lowest BCUT2D eigenvalue weighted by Crippen LogP contribution is -2.24. The van der Waals surface area contributed by atoms with Crippen LogP contribution in [-0.4, -0.2) is 21.9 Å². The van der Waals surface area contributed by atoms with Crippen LogP contribution in [0.3, 0.4) is 0 Å². The van der Waals surface area contributed by atoms with E-state index in [4.69, 9.17) is 4.42 Å². The van der Waals surface area contributed by atoms with Gasteiger partial charge in [0.25, 0.3) is 11.1 Å². The lowest BCUT2D eigenvalue weighted by Gasteiger charge is -2.04. The molecule has 0 fully saturated rings. The smallest absolute Gasteiger partial charge is 0.277 e. The Kier molecular flexibility index (Phi) is 5.09. The molecule has 3 rings (SSSR count). The Morgan fingerprint density at radius 1 is 1.26 bits per heavy atom. The van der Waals surface area contributed by atoms with Gasteiger partial charge in [-0.25, -0.2) is 0 Å². The first-order valence-corrected chi connectivity index (χ1v) is 8.89. The Morgan fingerprint density at radius 2 is 2.09 bits per heavy atom. The number of carbonyl (C=O) groups is 1. The molecule has 2 aromatic heterocycles. The van der Waals surface area contributed by atoms with Gasteiger partial charge in [-0.3, -0.25) is 4.79 Å². The maximum absolute atomic E-state index is 11.9. The van der Waals surface area contributed by atoms with Crippen molar-refractivity contribution in [2.45, 2.75) is 18.7 Å². The molecule has 0 aliphatic carbocycles. The van der Waals surface area contributed by atoms with Crippen LogP contribution in [0.5, 0.6) is 0 Å². The van der Waals surface area contributed by atoms with Gasteiger partial charge in [-0.15, -0.1) is 21.5 Å². The average molecular weight is 345 g/mol. The number of carbonyl (C=O) groups excluding carboxylic acids is 1. The van der Waals surface area contributed by atoms with Crippen LogP contribution in [-0.2, 0) is 11.3 Å². The minimum Gasteiger partial charge on any atom is -0.410 e. The third-order valence-electron chi connectivity index (χ3n) is 3.08. The predicted octanol–water partition coefficient (Wildman–Crippen LogP) is 3.52. The molecule has 0 aliphatic heterocycles. The van der Waals surface area contributed by atoms with Gasteiger partial charge in [-0.1, -0.05) is 47.7 Å². The lowest BCUT2D eigenvalue weighted by atomic mass is 10.1. The molecule has 0 unspecified atom stereocenters. The first kappa shape index (κ1) is 15.8. The second kappa shape index (κ2) is 7.43. The van der Waals surface area contributed by atoms with E-state index in [0.717, 1.165) is 10.4 Å². The second-order valence-corrected chi connectivity index (χ2v) is 6.78. The first-order valence-electron chi connectivity index (χ1n) is 7.03. The third-order valence-corrected chi connectivity index (χ3v) is 4.75. The van der Waals surface area contributed by atoms with Gasteiger partial charge in [0.1, 0.15) is 0 Å². The van der Waals surface area contributed by atoms with Gasteiger partial charge >= 0.3 is 0 Å². The fourth-order valence-electron chi connectivity index (χ4n) is 1.85. The number of hydrogen-bond donors (Lipinski definition) is 1. The van der Waals surface area contributed by atoms with Crippen molar-refractivity contribution in [2.75, 3.05) is 5.75 Å². The highest BCUT2D eigenvalue weighted by Gasteiger charge is 2.11. The van der Waals surface area contributed by atoms with Crippen LogP contribution < -0.4 is 5.32 Å². The Morgan fingerprint density at radius 3 is 2.83 bits per heavy atom. The zero-order valence-corrected chi connectivity index (χ0v) is 14.1. The normalized spacial score (nSPS) is 10.7. The summed E-state index contributed by atoms with van der Waals surface area (Å²) >= 11 is 2.77. The standard InChI is InChI=1S/C16H15N3O2S2/c1-11-4-6-12(7-5-11)9-17-14(20)10-23-16-19-18-15(21-16)13-3-2-8-22-13/h2-8H,9-10H2,1H3,(H,17,20). The zero-order chi connectivity index (χ0) is 16.1. The summed E-state index contributed by atoms with van der Waals surface area (Å²) in [5.41, 5.74) is 2.28. The van der Waals surface area contributed by atoms with E-state index in [-0.39, 0.29) is 11.7 Å². The molecule has 1 amide bonds. The van der Waals surface area contributed by atoms with E-state index in [0.29, 0.717) is 17.7 Å². The van der Waals surface area contributed by atoms with Gasteiger partial charge in [-0.2, -0.15) is 0 Å². The molecule has 5 nitrogen and oxygen atoms in total. The molecule has 0 radical (unpaired) electrons. The number of nitrogens with zero attached hydrogens (tertiary/aromatic N) is 2. The van der Waals surface area contributed by atoms with Crippen molar-refractivity contribution in [3.05, 3.63) is 52.9 Å². The molecule has 1 aromatic carbocycles. The maximum Gasteiger partial charge on any atom is 0.277 e. The summed E-state index contributed by atoms with van der Waals surface area (Å²) in [4.78, 5) is 12.8. The molecule has 23 heavy (non-hydrogen) atoms. The Labute approximate surface area is 142 Å². The molecule has 1 N–H and O–H groups in total. The number of amides is 1. The topological polar surface area (TPSA) is 68.0 Å². The summed E-state index contributed by atoms with van der Waals surface area (Å²) in [7, 11) is 0. The van der Waals surface area contributed by atoms with Gasteiger partial charge in [-0.05, 0) is 23.9 Å². The monoisotopic (exact) mass is 345 g/mol. The number of hydrogen-bond acceptors (Lipinski definition) is 6. The van der Waals surface area contributed by atoms with Crippen LogP contribution in [0.4, 0.5) is 0 Å². The minimum atomic E-state index is -0.0635. The van der Waals surface area contributed by atoms with Crippen LogP contribution in [0.25, 0.3) is 10.8 Å². The van der Waals surface area contributed by atoms with Crippen LogP contribution in [0.1, 0.15) is 11.1 Å². The van der Waals surface area contributed by atoms with E-state index < -0.39 is 0 Å². The van der Waals surface area contributed by atoms with Crippen molar-refractivity contribution in [1.82, 2.24) is 15.5 Å². The summed E-state index contributed by atoms with van der Waals surface area (Å²) in [6, 6.07) is 11.9. The van der Waals surface area contributed by atoms with Crippen LogP contribution in [0.2, 0.25) is 0 Å². The molecule has 0 saturated carbocycles. The van der Waals surface area contributed by atoms with Crippen molar-refractivity contribution in [3.63, 3.8) is 0 Å². The van der Waals surface area contributed by atoms with Crippen LogP contribution >= 0.6 is 23.1 Å². The molecule has 118 valence electrons. The summed E-state index contributed by atoms with van der Waals surface area (Å²) in [5.74, 6) is 0.673. The predicted molar refractivity (Wildman–Crippen MR) is 91.4 cm³/mol. The van der Waals surface area contributed by atoms with Crippen LogP contribution in [0.15, 0.2) is 51.4 Å². The Bertz CT molecular complexity index is 767. The number of benzene rings is 1. The van der Waals surface area contributed by atoms with E-state index >= 15 is 0 Å². The number of thioether (sulfide) groups is 1. The van der Waals surface area contributed by atoms with Crippen molar-refractivity contribution < 1.29 is 9.21 Å². The van der Waals surface area contributed by atoms with Gasteiger partial charge in [0.15, 0.2) is 0 Å². The van der Waals surface area contributed by atoms with E-state index in [1.54, 1.807) is 0 Å². The van der Waals surface area contributed by atoms with E-state index in [9.17, 15) is 4.79 Å². The molecular weight excluding hydrogens is 330 g/mol. The van der Waals surface area contributed by atoms with E-state index in [1.807, 2.05) is 48.7 Å². The highest BCUT2D eigenvalue weighted by atomic mass is 32.2. The van der Waals surface area contributed by atoms with Crippen molar-refractivity contribution in [1.29, 1.82) is 0 Å². The van der Waals surface area contributed by atoms with E-state index in [1.165, 1.54) is 28.7 Å². The minimum absolute atomic E-state index is 0.0635. The number of aromatic nitrogens is 2. The van der Waals surface area contributed by atoms with Gasteiger partial charge in [0, 0.05) is 6.54 Å². The molecule has 0 bridgehead atoms. The van der Waals surface area contributed by atoms with Crippen molar-refractivity contribution in [3.8, 4) is 10.8 Å².